The van der Waals surface area contributed by atoms with Crippen molar-refractivity contribution in [1.82, 2.24) is 24.5 Å². The van der Waals surface area contributed by atoms with E-state index in [1.54, 1.807) is 34.3 Å². The molecular formula is C17H19N5O2S. The maximum atomic E-state index is 13.0. The smallest absolute Gasteiger partial charge is 0.275 e. The Morgan fingerprint density at radius 1 is 1.36 bits per heavy atom. The number of amides is 1. The molecule has 1 aliphatic rings. The third-order valence-corrected chi connectivity index (χ3v) is 5.36. The zero-order valence-corrected chi connectivity index (χ0v) is 14.5. The van der Waals surface area contributed by atoms with Crippen LogP contribution in [0.1, 0.15) is 46.4 Å². The van der Waals surface area contributed by atoms with Crippen molar-refractivity contribution < 1.29 is 9.90 Å². The molecule has 130 valence electrons. The largest absolute Gasteiger partial charge is 0.396 e. The van der Waals surface area contributed by atoms with Crippen LogP contribution in [0.15, 0.2) is 30.0 Å². The number of carbonyl (C=O) groups is 1. The zero-order valence-electron chi connectivity index (χ0n) is 13.7. The molecule has 0 radical (unpaired) electrons. The van der Waals surface area contributed by atoms with Crippen molar-refractivity contribution in [1.29, 1.82) is 0 Å². The maximum absolute atomic E-state index is 13.0. The molecule has 3 aromatic rings. The number of nitrogens with zero attached hydrogens (tertiary/aromatic N) is 5. The third-order valence-electron chi connectivity index (χ3n) is 4.49. The van der Waals surface area contributed by atoms with E-state index < -0.39 is 0 Å². The second-order valence-corrected chi connectivity index (χ2v) is 7.07. The minimum atomic E-state index is -0.0749. The number of rotatable bonds is 4. The second-order valence-electron chi connectivity index (χ2n) is 6.15. The van der Waals surface area contributed by atoms with E-state index in [1.807, 2.05) is 16.5 Å². The van der Waals surface area contributed by atoms with Gasteiger partial charge in [0.2, 0.25) is 0 Å². The molecule has 1 fully saturated rings. The van der Waals surface area contributed by atoms with Crippen molar-refractivity contribution >= 4 is 22.9 Å². The zero-order chi connectivity index (χ0) is 17.2. The van der Waals surface area contributed by atoms with Crippen LogP contribution >= 0.6 is 11.3 Å². The minimum Gasteiger partial charge on any atom is -0.396 e. The lowest BCUT2D eigenvalue weighted by Gasteiger charge is -2.34. The van der Waals surface area contributed by atoms with Gasteiger partial charge in [0.1, 0.15) is 5.01 Å². The van der Waals surface area contributed by atoms with Gasteiger partial charge in [-0.1, -0.05) is 0 Å². The first-order valence-corrected chi connectivity index (χ1v) is 9.30. The van der Waals surface area contributed by atoms with E-state index in [2.05, 4.69) is 15.1 Å². The summed E-state index contributed by atoms with van der Waals surface area (Å²) >= 11 is 1.59. The van der Waals surface area contributed by atoms with Gasteiger partial charge >= 0.3 is 0 Å². The Hall–Kier alpha value is -2.32. The number of aliphatic hydroxyl groups is 1. The van der Waals surface area contributed by atoms with E-state index in [0.29, 0.717) is 17.8 Å². The number of piperidine rings is 1. The number of carbonyl (C=O) groups excluding carboxylic acids is 1. The van der Waals surface area contributed by atoms with Gasteiger partial charge in [-0.15, -0.1) is 11.3 Å². The quantitative estimate of drug-likeness (QED) is 0.773. The van der Waals surface area contributed by atoms with E-state index in [9.17, 15) is 4.79 Å². The molecule has 8 heteroatoms. The molecule has 1 atom stereocenters. The highest BCUT2D eigenvalue weighted by atomic mass is 32.1. The van der Waals surface area contributed by atoms with Crippen LogP contribution in [0, 0.1) is 0 Å². The standard InChI is InChI=1S/C17H19N5O2S/c23-7-4-12-10-19-15-9-13(20-22(15)11-12)17(24)21-6-2-1-3-14(21)16-18-5-8-25-16/h5,8-11,14,23H,1-4,6-7H2/t14-/m0/s1. The van der Waals surface area contributed by atoms with Gasteiger partial charge in [0.25, 0.3) is 5.91 Å². The van der Waals surface area contributed by atoms with E-state index in [4.69, 9.17) is 5.11 Å². The molecule has 1 saturated heterocycles. The molecule has 0 spiro atoms. The molecule has 0 aromatic carbocycles. The number of hydrogen-bond donors (Lipinski definition) is 1. The summed E-state index contributed by atoms with van der Waals surface area (Å²) in [6, 6.07) is 1.75. The first kappa shape index (κ1) is 16.2. The predicted molar refractivity (Wildman–Crippen MR) is 93.5 cm³/mol. The highest BCUT2D eigenvalue weighted by Gasteiger charge is 2.31. The Morgan fingerprint density at radius 3 is 3.08 bits per heavy atom. The summed E-state index contributed by atoms with van der Waals surface area (Å²) in [6.07, 6.45) is 8.86. The van der Waals surface area contributed by atoms with Crippen molar-refractivity contribution in [2.45, 2.75) is 31.7 Å². The Balaban J connectivity index is 1.63. The number of fused-ring (bicyclic) bond motifs is 1. The normalized spacial score (nSPS) is 18.0. The summed E-state index contributed by atoms with van der Waals surface area (Å²) in [5.41, 5.74) is 1.92. The minimum absolute atomic E-state index is 0.0315. The van der Waals surface area contributed by atoms with Crippen LogP contribution < -0.4 is 0 Å². The van der Waals surface area contributed by atoms with Gasteiger partial charge in [0, 0.05) is 43.2 Å². The predicted octanol–water partition coefficient (Wildman–Crippen LogP) is 2.09. The Kier molecular flexibility index (Phi) is 4.46. The number of aromatic nitrogens is 4. The Morgan fingerprint density at radius 2 is 2.28 bits per heavy atom. The lowest BCUT2D eigenvalue weighted by molar-refractivity contribution is 0.0604. The van der Waals surface area contributed by atoms with Gasteiger partial charge in [-0.3, -0.25) is 4.79 Å². The van der Waals surface area contributed by atoms with E-state index >= 15 is 0 Å². The molecule has 4 rings (SSSR count). The van der Waals surface area contributed by atoms with Gasteiger partial charge in [-0.2, -0.15) is 5.10 Å². The average molecular weight is 357 g/mol. The molecule has 0 unspecified atom stereocenters. The van der Waals surface area contributed by atoms with Crippen molar-refractivity contribution in [3.8, 4) is 0 Å². The van der Waals surface area contributed by atoms with Gasteiger partial charge in [0.05, 0.1) is 6.04 Å². The molecule has 7 nitrogen and oxygen atoms in total. The first-order chi connectivity index (χ1) is 12.3. The van der Waals surface area contributed by atoms with Crippen molar-refractivity contribution in [2.75, 3.05) is 13.2 Å². The molecule has 1 aliphatic heterocycles. The molecule has 1 amide bonds. The van der Waals surface area contributed by atoms with Crippen LogP contribution in [0.4, 0.5) is 0 Å². The molecule has 0 saturated carbocycles. The third kappa shape index (κ3) is 3.14. The summed E-state index contributed by atoms with van der Waals surface area (Å²) in [7, 11) is 0. The molecule has 0 bridgehead atoms. The summed E-state index contributed by atoms with van der Waals surface area (Å²) in [4.78, 5) is 23.7. The Bertz CT molecular complexity index is 876. The monoisotopic (exact) mass is 357 g/mol. The SMILES string of the molecule is O=C(c1cc2ncc(CCO)cn2n1)N1CCCC[C@H]1c1nccs1. The van der Waals surface area contributed by atoms with Gasteiger partial charge in [-0.05, 0) is 31.2 Å². The van der Waals surface area contributed by atoms with Crippen molar-refractivity contribution in [3.05, 3.63) is 46.3 Å². The average Bonchev–Trinajstić information content (AvgIpc) is 3.31. The van der Waals surface area contributed by atoms with Crippen LogP contribution in [0.2, 0.25) is 0 Å². The van der Waals surface area contributed by atoms with Crippen LogP contribution in [0.5, 0.6) is 0 Å². The summed E-state index contributed by atoms with van der Waals surface area (Å²) < 4.78 is 1.61. The molecule has 1 N–H and O–H groups in total. The van der Waals surface area contributed by atoms with Crippen molar-refractivity contribution in [3.63, 3.8) is 0 Å². The van der Waals surface area contributed by atoms with Crippen LogP contribution in [-0.2, 0) is 6.42 Å². The highest BCUT2D eigenvalue weighted by molar-refractivity contribution is 7.09. The van der Waals surface area contributed by atoms with Gasteiger partial charge in [0.15, 0.2) is 11.3 Å². The fourth-order valence-corrected chi connectivity index (χ4v) is 4.04. The maximum Gasteiger partial charge on any atom is 0.275 e. The van der Waals surface area contributed by atoms with E-state index in [0.717, 1.165) is 36.4 Å². The summed E-state index contributed by atoms with van der Waals surface area (Å²) in [5.74, 6) is -0.0749. The van der Waals surface area contributed by atoms with E-state index in [-0.39, 0.29) is 18.6 Å². The molecule has 4 heterocycles. The topological polar surface area (TPSA) is 83.6 Å². The molecule has 25 heavy (non-hydrogen) atoms. The Labute approximate surface area is 149 Å². The molecule has 0 aliphatic carbocycles. The van der Waals surface area contributed by atoms with Gasteiger partial charge in [-0.25, -0.2) is 14.5 Å². The second kappa shape index (κ2) is 6.89. The number of likely N-dealkylation sites (tertiary alicyclic amines) is 1. The van der Waals surface area contributed by atoms with Crippen LogP contribution in [0.3, 0.4) is 0 Å². The van der Waals surface area contributed by atoms with Crippen LogP contribution in [-0.4, -0.2) is 48.6 Å². The lowest BCUT2D eigenvalue weighted by atomic mass is 10.0. The first-order valence-electron chi connectivity index (χ1n) is 8.42. The highest BCUT2D eigenvalue weighted by Crippen LogP contribution is 2.33. The summed E-state index contributed by atoms with van der Waals surface area (Å²) in [6.45, 7) is 0.781. The number of hydrogen-bond acceptors (Lipinski definition) is 6. The number of thiazole rings is 1. The lowest BCUT2D eigenvalue weighted by Crippen LogP contribution is -2.38. The summed E-state index contributed by atoms with van der Waals surface area (Å²) in [5, 5.41) is 16.4. The van der Waals surface area contributed by atoms with E-state index in [1.165, 1.54) is 0 Å². The fraction of sp³-hybridized carbons (Fsp3) is 0.412. The number of aliphatic hydroxyl groups excluding tert-OH is 1. The van der Waals surface area contributed by atoms with Crippen molar-refractivity contribution in [2.24, 2.45) is 0 Å². The van der Waals surface area contributed by atoms with Crippen LogP contribution in [0.25, 0.3) is 5.65 Å². The molecular weight excluding hydrogens is 338 g/mol. The molecule has 3 aromatic heterocycles. The van der Waals surface area contributed by atoms with Gasteiger partial charge < -0.3 is 10.0 Å². The fourth-order valence-electron chi connectivity index (χ4n) is 3.26.